The van der Waals surface area contributed by atoms with Crippen LogP contribution in [-0.2, 0) is 15.1 Å². The van der Waals surface area contributed by atoms with Gasteiger partial charge in [-0.15, -0.1) is 12.4 Å². The number of carbonyl (C=O) groups excluding carboxylic acids is 2. The maximum Gasteiger partial charge on any atom is 0.246 e. The summed E-state index contributed by atoms with van der Waals surface area (Å²) in [6.45, 7) is 3.83. The number of benzene rings is 1. The van der Waals surface area contributed by atoms with Gasteiger partial charge < -0.3 is 16.0 Å². The van der Waals surface area contributed by atoms with E-state index >= 15 is 0 Å². The van der Waals surface area contributed by atoms with Crippen LogP contribution in [0.1, 0.15) is 31.7 Å². The monoisotopic (exact) mass is 415 g/mol. The van der Waals surface area contributed by atoms with Crippen LogP contribution in [0, 0.1) is 5.41 Å². The van der Waals surface area contributed by atoms with Gasteiger partial charge in [0.1, 0.15) is 5.54 Å². The molecule has 5 nitrogen and oxygen atoms in total. The Bertz CT molecular complexity index is 625. The molecule has 24 heavy (non-hydrogen) atoms. The molecule has 2 fully saturated rings. The Balaban J connectivity index is 0.00000208. The molecule has 2 heterocycles. The van der Waals surface area contributed by atoms with Gasteiger partial charge in [0, 0.05) is 30.5 Å². The van der Waals surface area contributed by atoms with Crippen molar-refractivity contribution in [1.29, 1.82) is 0 Å². The number of nitrogens with two attached hydrogens (primary N) is 1. The summed E-state index contributed by atoms with van der Waals surface area (Å²) in [6, 6.07) is 7.56. The molecule has 0 saturated carbocycles. The van der Waals surface area contributed by atoms with Crippen LogP contribution < -0.4 is 11.1 Å². The first kappa shape index (κ1) is 19.2. The second-order valence-corrected chi connectivity index (χ2v) is 7.87. The van der Waals surface area contributed by atoms with Crippen molar-refractivity contribution in [3.63, 3.8) is 0 Å². The van der Waals surface area contributed by atoms with Gasteiger partial charge in [0.05, 0.1) is 0 Å². The highest BCUT2D eigenvalue weighted by Crippen LogP contribution is 2.38. The van der Waals surface area contributed by atoms with E-state index in [9.17, 15) is 9.59 Å². The number of hydrogen-bond acceptors (Lipinski definition) is 3. The molecule has 7 heteroatoms. The molecule has 3 N–H and O–H groups in total. The third kappa shape index (κ3) is 3.60. The number of piperidine rings is 1. The molecule has 2 saturated heterocycles. The topological polar surface area (TPSA) is 75.4 Å². The normalized spacial score (nSPS) is 21.8. The summed E-state index contributed by atoms with van der Waals surface area (Å²) < 4.78 is 0.961. The van der Waals surface area contributed by atoms with Crippen molar-refractivity contribution in [2.24, 2.45) is 11.1 Å². The summed E-state index contributed by atoms with van der Waals surface area (Å²) in [5.41, 5.74) is 6.17. The zero-order chi connectivity index (χ0) is 16.7. The molecule has 0 radical (unpaired) electrons. The molecular weight excluding hydrogens is 394 g/mol. The Labute approximate surface area is 156 Å². The van der Waals surface area contributed by atoms with Crippen LogP contribution in [0.15, 0.2) is 28.7 Å². The van der Waals surface area contributed by atoms with E-state index in [1.165, 1.54) is 0 Å². The number of halogens is 2. The van der Waals surface area contributed by atoms with Crippen LogP contribution >= 0.6 is 28.3 Å². The second-order valence-electron chi connectivity index (χ2n) is 6.95. The zero-order valence-corrected chi connectivity index (χ0v) is 16.1. The SMILES string of the molecule is CC(N)(C(=O)N1CCC2(CC1)CNC(=O)C2)c1ccc(Br)cc1.Cl. The molecule has 132 valence electrons. The Hall–Kier alpha value is -1.11. The minimum absolute atomic E-state index is 0. The first-order valence-electron chi connectivity index (χ1n) is 7.93. The fraction of sp³-hybridized carbons (Fsp3) is 0.529. The van der Waals surface area contributed by atoms with E-state index in [2.05, 4.69) is 21.2 Å². The van der Waals surface area contributed by atoms with Crippen molar-refractivity contribution in [2.45, 2.75) is 31.7 Å². The number of nitrogens with one attached hydrogen (secondary N) is 1. The number of hydrogen-bond donors (Lipinski definition) is 2. The van der Waals surface area contributed by atoms with Crippen molar-refractivity contribution >= 4 is 40.2 Å². The molecule has 0 bridgehead atoms. The van der Waals surface area contributed by atoms with Gasteiger partial charge in [0.25, 0.3) is 0 Å². The molecule has 1 atom stereocenters. The number of rotatable bonds is 2. The van der Waals surface area contributed by atoms with Crippen molar-refractivity contribution in [3.8, 4) is 0 Å². The van der Waals surface area contributed by atoms with Gasteiger partial charge in [0.15, 0.2) is 0 Å². The third-order valence-corrected chi connectivity index (χ3v) is 5.72. The van der Waals surface area contributed by atoms with E-state index in [1.54, 1.807) is 6.92 Å². The summed E-state index contributed by atoms with van der Waals surface area (Å²) >= 11 is 3.40. The lowest BCUT2D eigenvalue weighted by molar-refractivity contribution is -0.139. The fourth-order valence-corrected chi connectivity index (χ4v) is 3.80. The first-order valence-corrected chi connectivity index (χ1v) is 8.73. The predicted octanol–water partition coefficient (Wildman–Crippen LogP) is 2.17. The van der Waals surface area contributed by atoms with Crippen molar-refractivity contribution in [2.75, 3.05) is 19.6 Å². The van der Waals surface area contributed by atoms with Crippen LogP contribution in [0.25, 0.3) is 0 Å². The Morgan fingerprint density at radius 3 is 2.38 bits per heavy atom. The lowest BCUT2D eigenvalue weighted by Gasteiger charge is -2.41. The van der Waals surface area contributed by atoms with E-state index in [4.69, 9.17) is 5.73 Å². The lowest BCUT2D eigenvalue weighted by atomic mass is 9.77. The number of amides is 2. The molecule has 1 spiro atoms. The van der Waals surface area contributed by atoms with Gasteiger partial charge >= 0.3 is 0 Å². The molecule has 2 amide bonds. The standard InChI is InChI=1S/C17H22BrN3O2.ClH/c1-16(19,12-2-4-13(18)5-3-12)15(23)21-8-6-17(7-9-21)10-14(22)20-11-17;/h2-5H,6-11,19H2,1H3,(H,20,22);1H. The summed E-state index contributed by atoms with van der Waals surface area (Å²) in [4.78, 5) is 26.2. The van der Waals surface area contributed by atoms with Crippen molar-refractivity contribution in [1.82, 2.24) is 10.2 Å². The predicted molar refractivity (Wildman–Crippen MR) is 98.8 cm³/mol. The highest BCUT2D eigenvalue weighted by molar-refractivity contribution is 9.10. The Morgan fingerprint density at radius 1 is 1.29 bits per heavy atom. The average molecular weight is 417 g/mol. The van der Waals surface area contributed by atoms with Crippen LogP contribution in [0.5, 0.6) is 0 Å². The van der Waals surface area contributed by atoms with Gasteiger partial charge in [-0.3, -0.25) is 9.59 Å². The fourth-order valence-electron chi connectivity index (χ4n) is 3.54. The van der Waals surface area contributed by atoms with E-state index in [0.29, 0.717) is 19.5 Å². The molecule has 2 aliphatic heterocycles. The van der Waals surface area contributed by atoms with Crippen LogP contribution in [0.3, 0.4) is 0 Å². The minimum Gasteiger partial charge on any atom is -0.356 e. The highest BCUT2D eigenvalue weighted by atomic mass is 79.9. The highest BCUT2D eigenvalue weighted by Gasteiger charge is 2.44. The van der Waals surface area contributed by atoms with Crippen LogP contribution in [-0.4, -0.2) is 36.3 Å². The summed E-state index contributed by atoms with van der Waals surface area (Å²) in [5, 5.41) is 2.91. The maximum absolute atomic E-state index is 12.9. The quantitative estimate of drug-likeness (QED) is 0.776. The number of likely N-dealkylation sites (tertiary alicyclic amines) is 1. The second kappa shape index (κ2) is 7.02. The number of carbonyl (C=O) groups is 2. The smallest absolute Gasteiger partial charge is 0.246 e. The first-order chi connectivity index (χ1) is 10.8. The summed E-state index contributed by atoms with van der Waals surface area (Å²) in [7, 11) is 0. The van der Waals surface area contributed by atoms with Crippen molar-refractivity contribution in [3.05, 3.63) is 34.3 Å². The molecular formula is C17H23BrClN3O2. The van der Waals surface area contributed by atoms with E-state index < -0.39 is 5.54 Å². The lowest BCUT2D eigenvalue weighted by Crippen LogP contribution is -2.54. The molecule has 2 aliphatic rings. The van der Waals surface area contributed by atoms with Crippen molar-refractivity contribution < 1.29 is 9.59 Å². The number of nitrogens with zero attached hydrogens (tertiary/aromatic N) is 1. The molecule has 3 rings (SSSR count). The van der Waals surface area contributed by atoms with Crippen LogP contribution in [0.4, 0.5) is 0 Å². The summed E-state index contributed by atoms with van der Waals surface area (Å²) in [6.07, 6.45) is 2.30. The molecule has 0 aliphatic carbocycles. The summed E-state index contributed by atoms with van der Waals surface area (Å²) in [5.74, 6) is 0.0789. The third-order valence-electron chi connectivity index (χ3n) is 5.20. The van der Waals surface area contributed by atoms with Gasteiger partial charge in [-0.25, -0.2) is 0 Å². The van der Waals surface area contributed by atoms with Crippen LogP contribution in [0.2, 0.25) is 0 Å². The zero-order valence-electron chi connectivity index (χ0n) is 13.7. The average Bonchev–Trinajstić information content (AvgIpc) is 2.88. The van der Waals surface area contributed by atoms with Gasteiger partial charge in [-0.05, 0) is 42.9 Å². The van der Waals surface area contributed by atoms with Gasteiger partial charge in [-0.2, -0.15) is 0 Å². The van der Waals surface area contributed by atoms with Gasteiger partial charge in [0.2, 0.25) is 11.8 Å². The Morgan fingerprint density at radius 2 is 1.88 bits per heavy atom. The van der Waals surface area contributed by atoms with E-state index in [-0.39, 0.29) is 29.6 Å². The Kier molecular flexibility index (Phi) is 5.62. The largest absolute Gasteiger partial charge is 0.356 e. The van der Waals surface area contributed by atoms with E-state index in [1.807, 2.05) is 29.2 Å². The molecule has 1 unspecified atom stereocenters. The van der Waals surface area contributed by atoms with E-state index in [0.717, 1.165) is 29.4 Å². The molecule has 1 aromatic rings. The maximum atomic E-state index is 12.9. The molecule has 1 aromatic carbocycles. The van der Waals surface area contributed by atoms with Gasteiger partial charge in [-0.1, -0.05) is 28.1 Å². The molecule has 0 aromatic heterocycles. The minimum atomic E-state index is -1.03.